The van der Waals surface area contributed by atoms with Gasteiger partial charge in [-0.1, -0.05) is 13.0 Å². The maximum atomic E-state index is 12.0. The number of hydrazine groups is 1. The van der Waals surface area contributed by atoms with Crippen molar-refractivity contribution in [3.8, 4) is 0 Å². The molecule has 20 heavy (non-hydrogen) atoms. The van der Waals surface area contributed by atoms with Gasteiger partial charge in [0, 0.05) is 18.8 Å². The summed E-state index contributed by atoms with van der Waals surface area (Å²) in [6, 6.07) is 5.99. The van der Waals surface area contributed by atoms with Crippen molar-refractivity contribution in [1.82, 2.24) is 20.6 Å². The molecule has 1 atom stereocenters. The quantitative estimate of drug-likeness (QED) is 0.637. The lowest BCUT2D eigenvalue weighted by molar-refractivity contribution is -0.122. The summed E-state index contributed by atoms with van der Waals surface area (Å²) in [7, 11) is 0. The van der Waals surface area contributed by atoms with Crippen LogP contribution in [0.1, 0.15) is 19.8 Å². The van der Waals surface area contributed by atoms with Crippen LogP contribution in [0.2, 0.25) is 0 Å². The molecule has 2 rings (SSSR count). The minimum absolute atomic E-state index is 0.0315. The van der Waals surface area contributed by atoms with Crippen LogP contribution in [-0.2, 0) is 4.79 Å². The van der Waals surface area contributed by atoms with E-state index in [-0.39, 0.29) is 5.91 Å². The standard InChI is InChI=1S/C14H23N5O/c1-2-9-19(12-6-8-15-10-12)11-14(20)18-17-13-5-3-4-7-16-13/h3-5,7,12,15H,2,6,8-11H2,1H3,(H,16,17)(H,18,20). The summed E-state index contributed by atoms with van der Waals surface area (Å²) in [4.78, 5) is 18.3. The summed E-state index contributed by atoms with van der Waals surface area (Å²) < 4.78 is 0. The van der Waals surface area contributed by atoms with E-state index in [9.17, 15) is 4.79 Å². The number of carbonyl (C=O) groups excluding carboxylic acids is 1. The molecule has 1 unspecified atom stereocenters. The fourth-order valence-electron chi connectivity index (χ4n) is 2.42. The molecular formula is C14H23N5O. The van der Waals surface area contributed by atoms with Gasteiger partial charge in [0.2, 0.25) is 0 Å². The number of amides is 1. The SMILES string of the molecule is CCCN(CC(=O)NNc1ccccn1)C1CCNC1. The van der Waals surface area contributed by atoms with Gasteiger partial charge in [-0.3, -0.25) is 20.5 Å². The van der Waals surface area contributed by atoms with Crippen LogP contribution in [0.5, 0.6) is 0 Å². The summed E-state index contributed by atoms with van der Waals surface area (Å²) in [6.07, 6.45) is 3.85. The number of pyridine rings is 1. The predicted octanol–water partition coefficient (Wildman–Crippen LogP) is 0.599. The molecule has 1 saturated heterocycles. The Morgan fingerprint density at radius 2 is 2.45 bits per heavy atom. The van der Waals surface area contributed by atoms with Gasteiger partial charge >= 0.3 is 0 Å². The molecule has 0 saturated carbocycles. The first-order valence-electron chi connectivity index (χ1n) is 7.20. The Morgan fingerprint density at radius 3 is 3.10 bits per heavy atom. The Balaban J connectivity index is 1.78. The second-order valence-corrected chi connectivity index (χ2v) is 5.01. The van der Waals surface area contributed by atoms with Gasteiger partial charge < -0.3 is 5.32 Å². The number of nitrogens with zero attached hydrogens (tertiary/aromatic N) is 2. The lowest BCUT2D eigenvalue weighted by Gasteiger charge is -2.27. The lowest BCUT2D eigenvalue weighted by atomic mass is 10.2. The number of hydrogen-bond acceptors (Lipinski definition) is 5. The topological polar surface area (TPSA) is 69.3 Å². The van der Waals surface area contributed by atoms with Crippen molar-refractivity contribution in [2.24, 2.45) is 0 Å². The molecule has 0 aromatic carbocycles. The Kier molecular flexibility index (Phi) is 5.76. The van der Waals surface area contributed by atoms with Gasteiger partial charge in [-0.2, -0.15) is 0 Å². The number of rotatable bonds is 7. The summed E-state index contributed by atoms with van der Waals surface area (Å²) in [5.74, 6) is 0.612. The maximum absolute atomic E-state index is 12.0. The highest BCUT2D eigenvalue weighted by atomic mass is 16.2. The second-order valence-electron chi connectivity index (χ2n) is 5.01. The molecule has 0 aliphatic carbocycles. The first-order valence-corrected chi connectivity index (χ1v) is 7.20. The van der Waals surface area contributed by atoms with Gasteiger partial charge in [0.05, 0.1) is 6.54 Å². The number of aromatic nitrogens is 1. The molecule has 1 aromatic heterocycles. The molecule has 6 heteroatoms. The zero-order chi connectivity index (χ0) is 14.2. The fourth-order valence-corrected chi connectivity index (χ4v) is 2.42. The van der Waals surface area contributed by atoms with E-state index in [4.69, 9.17) is 0 Å². The van der Waals surface area contributed by atoms with Crippen LogP contribution in [0.15, 0.2) is 24.4 Å². The fraction of sp³-hybridized carbons (Fsp3) is 0.571. The largest absolute Gasteiger partial charge is 0.315 e. The molecule has 0 spiro atoms. The molecular weight excluding hydrogens is 254 g/mol. The number of anilines is 1. The van der Waals surface area contributed by atoms with Crippen molar-refractivity contribution in [1.29, 1.82) is 0 Å². The zero-order valence-corrected chi connectivity index (χ0v) is 11.9. The van der Waals surface area contributed by atoms with Crippen LogP contribution in [0.4, 0.5) is 5.82 Å². The molecule has 1 aliphatic heterocycles. The molecule has 3 N–H and O–H groups in total. The van der Waals surface area contributed by atoms with E-state index in [1.54, 1.807) is 6.20 Å². The van der Waals surface area contributed by atoms with Gasteiger partial charge in [-0.05, 0) is 38.1 Å². The molecule has 0 radical (unpaired) electrons. The molecule has 1 aliphatic rings. The molecule has 2 heterocycles. The Labute approximate surface area is 119 Å². The van der Waals surface area contributed by atoms with Crippen molar-refractivity contribution in [3.05, 3.63) is 24.4 Å². The lowest BCUT2D eigenvalue weighted by Crippen LogP contribution is -2.45. The third-order valence-corrected chi connectivity index (χ3v) is 3.40. The molecule has 6 nitrogen and oxygen atoms in total. The van der Waals surface area contributed by atoms with Crippen LogP contribution in [-0.4, -0.2) is 48.0 Å². The van der Waals surface area contributed by atoms with Gasteiger partial charge in [0.25, 0.3) is 5.91 Å². The van der Waals surface area contributed by atoms with E-state index in [1.807, 2.05) is 18.2 Å². The minimum Gasteiger partial charge on any atom is -0.315 e. The Hall–Kier alpha value is -1.66. The van der Waals surface area contributed by atoms with Gasteiger partial charge in [0.1, 0.15) is 5.82 Å². The highest BCUT2D eigenvalue weighted by molar-refractivity contribution is 5.79. The van der Waals surface area contributed by atoms with Crippen molar-refractivity contribution in [3.63, 3.8) is 0 Å². The third kappa shape index (κ3) is 4.47. The van der Waals surface area contributed by atoms with E-state index in [1.165, 1.54) is 0 Å². The summed E-state index contributed by atoms with van der Waals surface area (Å²) in [6.45, 7) is 5.52. The van der Waals surface area contributed by atoms with E-state index in [2.05, 4.69) is 33.0 Å². The summed E-state index contributed by atoms with van der Waals surface area (Å²) in [5.41, 5.74) is 5.53. The van der Waals surface area contributed by atoms with Gasteiger partial charge in [-0.15, -0.1) is 0 Å². The average Bonchev–Trinajstić information content (AvgIpc) is 3.00. The number of carbonyl (C=O) groups is 1. The first kappa shape index (κ1) is 14.7. The van der Waals surface area contributed by atoms with E-state index >= 15 is 0 Å². The zero-order valence-electron chi connectivity index (χ0n) is 11.9. The molecule has 1 amide bonds. The normalized spacial score (nSPS) is 18.2. The summed E-state index contributed by atoms with van der Waals surface area (Å²) in [5, 5.41) is 3.34. The molecule has 110 valence electrons. The van der Waals surface area contributed by atoms with E-state index < -0.39 is 0 Å². The van der Waals surface area contributed by atoms with Crippen LogP contribution in [0.3, 0.4) is 0 Å². The molecule has 1 aromatic rings. The van der Waals surface area contributed by atoms with Crippen LogP contribution >= 0.6 is 0 Å². The highest BCUT2D eigenvalue weighted by Crippen LogP contribution is 2.08. The predicted molar refractivity (Wildman–Crippen MR) is 79.1 cm³/mol. The Bertz CT molecular complexity index is 405. The highest BCUT2D eigenvalue weighted by Gasteiger charge is 2.23. The smallest absolute Gasteiger partial charge is 0.252 e. The van der Waals surface area contributed by atoms with Gasteiger partial charge in [0.15, 0.2) is 0 Å². The van der Waals surface area contributed by atoms with Crippen molar-refractivity contribution in [2.75, 3.05) is 31.6 Å². The van der Waals surface area contributed by atoms with Crippen molar-refractivity contribution >= 4 is 11.7 Å². The van der Waals surface area contributed by atoms with Crippen LogP contribution in [0, 0.1) is 0 Å². The Morgan fingerprint density at radius 1 is 1.55 bits per heavy atom. The first-order chi connectivity index (χ1) is 9.79. The van der Waals surface area contributed by atoms with Gasteiger partial charge in [-0.25, -0.2) is 4.98 Å². The molecule has 1 fully saturated rings. The van der Waals surface area contributed by atoms with E-state index in [0.29, 0.717) is 18.4 Å². The van der Waals surface area contributed by atoms with E-state index in [0.717, 1.165) is 32.5 Å². The average molecular weight is 277 g/mol. The van der Waals surface area contributed by atoms with Crippen molar-refractivity contribution in [2.45, 2.75) is 25.8 Å². The molecule has 0 bridgehead atoms. The van der Waals surface area contributed by atoms with Crippen LogP contribution < -0.4 is 16.2 Å². The summed E-state index contributed by atoms with van der Waals surface area (Å²) >= 11 is 0. The third-order valence-electron chi connectivity index (χ3n) is 3.40. The van der Waals surface area contributed by atoms with Crippen LogP contribution in [0.25, 0.3) is 0 Å². The number of nitrogens with one attached hydrogen (secondary N) is 3. The maximum Gasteiger partial charge on any atom is 0.252 e. The minimum atomic E-state index is -0.0315. The number of hydrogen-bond donors (Lipinski definition) is 3. The van der Waals surface area contributed by atoms with Crippen molar-refractivity contribution < 1.29 is 4.79 Å². The second kappa shape index (κ2) is 7.81. The monoisotopic (exact) mass is 277 g/mol.